The normalized spacial score (nSPS) is 10.3. The fourth-order valence-corrected chi connectivity index (χ4v) is 1.76. The molecule has 0 radical (unpaired) electrons. The summed E-state index contributed by atoms with van der Waals surface area (Å²) in [7, 11) is 0. The maximum atomic E-state index is 12.0. The number of rotatable bonds is 5. The number of pyridine rings is 1. The van der Waals surface area contributed by atoms with Crippen molar-refractivity contribution in [2.45, 2.75) is 13.5 Å². The standard InChI is InChI=1S/C12H14N6O3/c1-8-5-16-17(7-8)3-2-14-12(19)9-4-11(13)15-6-10(9)18(20)21/h4-7H,2-3H2,1H3,(H2,13,15)(H,14,19). The van der Waals surface area contributed by atoms with Crippen LogP contribution in [0.5, 0.6) is 0 Å². The van der Waals surface area contributed by atoms with E-state index in [4.69, 9.17) is 5.73 Å². The van der Waals surface area contributed by atoms with Gasteiger partial charge in [0.1, 0.15) is 17.6 Å². The predicted molar refractivity (Wildman–Crippen MR) is 74.6 cm³/mol. The van der Waals surface area contributed by atoms with Crippen LogP contribution in [0.3, 0.4) is 0 Å². The first-order chi connectivity index (χ1) is 9.97. The van der Waals surface area contributed by atoms with Crippen LogP contribution < -0.4 is 11.1 Å². The van der Waals surface area contributed by atoms with E-state index in [1.807, 2.05) is 13.1 Å². The van der Waals surface area contributed by atoms with Crippen LogP contribution in [0.2, 0.25) is 0 Å². The Labute approximate surface area is 119 Å². The zero-order chi connectivity index (χ0) is 15.4. The van der Waals surface area contributed by atoms with E-state index >= 15 is 0 Å². The lowest BCUT2D eigenvalue weighted by Crippen LogP contribution is -2.28. The van der Waals surface area contributed by atoms with Crippen molar-refractivity contribution in [2.75, 3.05) is 12.3 Å². The molecule has 0 aliphatic carbocycles. The molecule has 2 aromatic rings. The van der Waals surface area contributed by atoms with Crippen LogP contribution in [0.15, 0.2) is 24.7 Å². The van der Waals surface area contributed by atoms with E-state index in [1.54, 1.807) is 10.9 Å². The topological polar surface area (TPSA) is 129 Å². The molecule has 21 heavy (non-hydrogen) atoms. The van der Waals surface area contributed by atoms with Gasteiger partial charge in [-0.05, 0) is 18.6 Å². The van der Waals surface area contributed by atoms with Gasteiger partial charge in [-0.3, -0.25) is 19.6 Å². The van der Waals surface area contributed by atoms with Gasteiger partial charge < -0.3 is 11.1 Å². The molecular weight excluding hydrogens is 276 g/mol. The first kappa shape index (κ1) is 14.4. The van der Waals surface area contributed by atoms with Gasteiger partial charge >= 0.3 is 0 Å². The van der Waals surface area contributed by atoms with E-state index in [9.17, 15) is 14.9 Å². The van der Waals surface area contributed by atoms with Crippen LogP contribution in [0.25, 0.3) is 0 Å². The summed E-state index contributed by atoms with van der Waals surface area (Å²) >= 11 is 0. The number of nitro groups is 1. The largest absolute Gasteiger partial charge is 0.384 e. The quantitative estimate of drug-likeness (QED) is 0.609. The van der Waals surface area contributed by atoms with Gasteiger partial charge in [-0.25, -0.2) is 4.98 Å². The van der Waals surface area contributed by atoms with Crippen molar-refractivity contribution in [2.24, 2.45) is 0 Å². The number of carbonyl (C=O) groups excluding carboxylic acids is 1. The number of hydrogen-bond acceptors (Lipinski definition) is 6. The minimum atomic E-state index is -0.668. The maximum Gasteiger partial charge on any atom is 0.300 e. The van der Waals surface area contributed by atoms with E-state index in [2.05, 4.69) is 15.4 Å². The lowest BCUT2D eigenvalue weighted by atomic mass is 10.2. The number of nitrogens with zero attached hydrogens (tertiary/aromatic N) is 4. The number of hydrogen-bond donors (Lipinski definition) is 2. The van der Waals surface area contributed by atoms with Gasteiger partial charge in [-0.1, -0.05) is 0 Å². The molecule has 2 rings (SSSR count). The number of nitrogens with one attached hydrogen (secondary N) is 1. The van der Waals surface area contributed by atoms with Crippen molar-refractivity contribution >= 4 is 17.4 Å². The Balaban J connectivity index is 2.03. The zero-order valence-corrected chi connectivity index (χ0v) is 11.3. The van der Waals surface area contributed by atoms with E-state index in [0.717, 1.165) is 11.8 Å². The highest BCUT2D eigenvalue weighted by molar-refractivity contribution is 5.98. The Hall–Kier alpha value is -2.97. The first-order valence-electron chi connectivity index (χ1n) is 6.14. The summed E-state index contributed by atoms with van der Waals surface area (Å²) in [6, 6.07) is 1.19. The highest BCUT2D eigenvalue weighted by atomic mass is 16.6. The second-order valence-electron chi connectivity index (χ2n) is 4.42. The molecule has 0 saturated carbocycles. The third kappa shape index (κ3) is 3.53. The maximum absolute atomic E-state index is 12.0. The number of aryl methyl sites for hydroxylation is 1. The molecule has 9 heteroatoms. The van der Waals surface area contributed by atoms with Crippen molar-refractivity contribution in [3.8, 4) is 0 Å². The molecule has 0 unspecified atom stereocenters. The van der Waals surface area contributed by atoms with Crippen LogP contribution >= 0.6 is 0 Å². The molecule has 0 bridgehead atoms. The molecule has 9 nitrogen and oxygen atoms in total. The number of aromatic nitrogens is 3. The molecule has 0 aromatic carbocycles. The van der Waals surface area contributed by atoms with Gasteiger partial charge in [0, 0.05) is 12.7 Å². The second-order valence-corrected chi connectivity index (χ2v) is 4.42. The smallest absolute Gasteiger partial charge is 0.300 e. The van der Waals surface area contributed by atoms with E-state index in [0.29, 0.717) is 13.1 Å². The Bertz CT molecular complexity index is 681. The summed E-state index contributed by atoms with van der Waals surface area (Å²) < 4.78 is 1.67. The van der Waals surface area contributed by atoms with Gasteiger partial charge in [0.15, 0.2) is 0 Å². The summed E-state index contributed by atoms with van der Waals surface area (Å²) in [5.41, 5.74) is 5.99. The van der Waals surface area contributed by atoms with Crippen molar-refractivity contribution in [1.29, 1.82) is 0 Å². The van der Waals surface area contributed by atoms with E-state index < -0.39 is 10.8 Å². The molecule has 0 aliphatic rings. The third-order valence-corrected chi connectivity index (χ3v) is 2.73. The average Bonchev–Trinajstić information content (AvgIpc) is 2.84. The van der Waals surface area contributed by atoms with Crippen molar-refractivity contribution in [3.05, 3.63) is 45.9 Å². The number of nitrogen functional groups attached to an aromatic ring is 1. The molecule has 110 valence electrons. The highest BCUT2D eigenvalue weighted by Crippen LogP contribution is 2.18. The van der Waals surface area contributed by atoms with Crippen LogP contribution in [0.1, 0.15) is 15.9 Å². The molecule has 1 amide bonds. The lowest BCUT2D eigenvalue weighted by molar-refractivity contribution is -0.385. The monoisotopic (exact) mass is 290 g/mol. The molecule has 3 N–H and O–H groups in total. The number of carbonyl (C=O) groups is 1. The SMILES string of the molecule is Cc1cnn(CCNC(=O)c2cc(N)ncc2[N+](=O)[O-])c1. The number of anilines is 1. The fraction of sp³-hybridized carbons (Fsp3) is 0.250. The summed E-state index contributed by atoms with van der Waals surface area (Å²) in [5, 5.41) is 17.5. The van der Waals surface area contributed by atoms with Crippen LogP contribution in [0.4, 0.5) is 11.5 Å². The summed E-state index contributed by atoms with van der Waals surface area (Å²) in [6.07, 6.45) is 4.51. The predicted octanol–water partition coefficient (Wildman–Crippen LogP) is 0.507. The molecule has 0 spiro atoms. The summed E-state index contributed by atoms with van der Waals surface area (Å²) in [4.78, 5) is 25.8. The lowest BCUT2D eigenvalue weighted by Gasteiger charge is -2.06. The molecule has 0 aliphatic heterocycles. The Morgan fingerprint density at radius 1 is 1.52 bits per heavy atom. The summed E-state index contributed by atoms with van der Waals surface area (Å²) in [5.74, 6) is -0.520. The minimum Gasteiger partial charge on any atom is -0.384 e. The number of nitrogens with two attached hydrogens (primary N) is 1. The van der Waals surface area contributed by atoms with Gasteiger partial charge in [-0.15, -0.1) is 0 Å². The zero-order valence-electron chi connectivity index (χ0n) is 11.3. The second kappa shape index (κ2) is 5.99. The van der Waals surface area contributed by atoms with Crippen LogP contribution in [-0.2, 0) is 6.54 Å². The summed E-state index contributed by atoms with van der Waals surface area (Å²) in [6.45, 7) is 2.67. The van der Waals surface area contributed by atoms with Gasteiger partial charge in [0.25, 0.3) is 11.6 Å². The van der Waals surface area contributed by atoms with Crippen LogP contribution in [-0.4, -0.2) is 32.1 Å². The van der Waals surface area contributed by atoms with Crippen molar-refractivity contribution in [3.63, 3.8) is 0 Å². The molecule has 0 saturated heterocycles. The van der Waals surface area contributed by atoms with Gasteiger partial charge in [0.2, 0.25) is 0 Å². The molecule has 2 heterocycles. The Kier molecular flexibility index (Phi) is 4.12. The minimum absolute atomic E-state index is 0.0495. The molecule has 2 aromatic heterocycles. The van der Waals surface area contributed by atoms with Crippen molar-refractivity contribution < 1.29 is 9.72 Å². The van der Waals surface area contributed by atoms with Crippen LogP contribution in [0, 0.1) is 17.0 Å². The number of amides is 1. The average molecular weight is 290 g/mol. The molecular formula is C12H14N6O3. The molecule has 0 fully saturated rings. The Morgan fingerprint density at radius 2 is 2.29 bits per heavy atom. The van der Waals surface area contributed by atoms with E-state index in [1.165, 1.54) is 6.07 Å². The van der Waals surface area contributed by atoms with Gasteiger partial charge in [0.05, 0.1) is 17.7 Å². The fourth-order valence-electron chi connectivity index (χ4n) is 1.76. The molecule has 0 atom stereocenters. The Morgan fingerprint density at radius 3 is 2.90 bits per heavy atom. The highest BCUT2D eigenvalue weighted by Gasteiger charge is 2.20. The van der Waals surface area contributed by atoms with Gasteiger partial charge in [-0.2, -0.15) is 5.10 Å². The first-order valence-corrected chi connectivity index (χ1v) is 6.14. The van der Waals surface area contributed by atoms with Crippen molar-refractivity contribution in [1.82, 2.24) is 20.1 Å². The third-order valence-electron chi connectivity index (χ3n) is 2.73. The van der Waals surface area contributed by atoms with E-state index in [-0.39, 0.29) is 17.1 Å².